The van der Waals surface area contributed by atoms with Gasteiger partial charge in [0.25, 0.3) is 5.91 Å². The van der Waals surface area contributed by atoms with E-state index in [2.05, 4.69) is 5.32 Å². The van der Waals surface area contributed by atoms with Crippen LogP contribution in [0.2, 0.25) is 0 Å². The van der Waals surface area contributed by atoms with Crippen molar-refractivity contribution in [3.63, 3.8) is 0 Å². The molecule has 1 amide bonds. The van der Waals surface area contributed by atoms with Gasteiger partial charge in [0.05, 0.1) is 23.1 Å². The zero-order valence-corrected chi connectivity index (χ0v) is 17.2. The lowest BCUT2D eigenvalue weighted by molar-refractivity contribution is -0.137. The standard InChI is InChI=1S/C19H18F4N2O5S/c1-11(26)14-8-13(19(21,22)23)4-6-17(14)30-10-18(27)24-9-12-3-5-16(15(20)7-12)25-31(2,28)29/h3-8,25H,9-10H2,1-2H3,(H,24,27). The Kier molecular flexibility index (Phi) is 7.26. The molecule has 2 rings (SSSR count). The fraction of sp³-hybridized carbons (Fsp3) is 0.263. The second-order valence-corrected chi connectivity index (χ2v) is 8.27. The van der Waals surface area contributed by atoms with Crippen LogP contribution in [0.1, 0.15) is 28.4 Å². The first-order valence-electron chi connectivity index (χ1n) is 8.64. The lowest BCUT2D eigenvalue weighted by Crippen LogP contribution is -2.28. The maximum absolute atomic E-state index is 13.9. The maximum atomic E-state index is 13.9. The van der Waals surface area contributed by atoms with Crippen molar-refractivity contribution < 1.29 is 40.3 Å². The molecule has 0 aliphatic rings. The van der Waals surface area contributed by atoms with E-state index in [1.165, 1.54) is 12.1 Å². The molecule has 0 aliphatic heterocycles. The van der Waals surface area contributed by atoms with Crippen molar-refractivity contribution >= 4 is 27.4 Å². The van der Waals surface area contributed by atoms with Crippen LogP contribution in [-0.4, -0.2) is 33.0 Å². The van der Waals surface area contributed by atoms with E-state index in [0.717, 1.165) is 31.4 Å². The zero-order chi connectivity index (χ0) is 23.4. The van der Waals surface area contributed by atoms with Gasteiger partial charge in [-0.2, -0.15) is 13.2 Å². The fourth-order valence-electron chi connectivity index (χ4n) is 2.45. The highest BCUT2D eigenvalue weighted by atomic mass is 32.2. The number of ketones is 1. The molecule has 0 aromatic heterocycles. The van der Waals surface area contributed by atoms with Gasteiger partial charge in [0.2, 0.25) is 10.0 Å². The van der Waals surface area contributed by atoms with Crippen LogP contribution < -0.4 is 14.8 Å². The molecule has 168 valence electrons. The van der Waals surface area contributed by atoms with Crippen LogP contribution >= 0.6 is 0 Å². The van der Waals surface area contributed by atoms with E-state index in [0.29, 0.717) is 11.6 Å². The number of alkyl halides is 3. The van der Waals surface area contributed by atoms with Crippen molar-refractivity contribution in [3.8, 4) is 5.75 Å². The van der Waals surface area contributed by atoms with Crippen LogP contribution in [0.15, 0.2) is 36.4 Å². The number of ether oxygens (including phenoxy) is 1. The van der Waals surface area contributed by atoms with Gasteiger partial charge < -0.3 is 10.1 Å². The van der Waals surface area contributed by atoms with Gasteiger partial charge in [-0.1, -0.05) is 6.07 Å². The van der Waals surface area contributed by atoms with Crippen molar-refractivity contribution in [3.05, 3.63) is 58.9 Å². The molecule has 0 saturated heterocycles. The summed E-state index contributed by atoms with van der Waals surface area (Å²) in [4.78, 5) is 23.6. The number of carbonyl (C=O) groups excluding carboxylic acids is 2. The number of rotatable bonds is 8. The number of hydrogen-bond donors (Lipinski definition) is 2. The number of sulfonamides is 1. The van der Waals surface area contributed by atoms with E-state index >= 15 is 0 Å². The minimum Gasteiger partial charge on any atom is -0.483 e. The lowest BCUT2D eigenvalue weighted by Gasteiger charge is -2.13. The van der Waals surface area contributed by atoms with Crippen LogP contribution in [0.3, 0.4) is 0 Å². The number of halogens is 4. The molecule has 0 aliphatic carbocycles. The largest absolute Gasteiger partial charge is 0.483 e. The Morgan fingerprint density at radius 2 is 1.77 bits per heavy atom. The third-order valence-corrected chi connectivity index (χ3v) is 4.45. The molecular formula is C19H18F4N2O5S. The van der Waals surface area contributed by atoms with Crippen molar-refractivity contribution in [2.24, 2.45) is 0 Å². The van der Waals surface area contributed by atoms with E-state index in [1.54, 1.807) is 0 Å². The quantitative estimate of drug-likeness (QED) is 0.464. The van der Waals surface area contributed by atoms with Gasteiger partial charge in [0, 0.05) is 6.54 Å². The summed E-state index contributed by atoms with van der Waals surface area (Å²) in [6.07, 6.45) is -3.77. The predicted molar refractivity (Wildman–Crippen MR) is 104 cm³/mol. The van der Waals surface area contributed by atoms with Gasteiger partial charge in [-0.25, -0.2) is 12.8 Å². The van der Waals surface area contributed by atoms with Gasteiger partial charge in [0.15, 0.2) is 12.4 Å². The number of hydrogen-bond acceptors (Lipinski definition) is 5. The third-order valence-electron chi connectivity index (χ3n) is 3.86. The van der Waals surface area contributed by atoms with Crippen LogP contribution in [0.5, 0.6) is 5.75 Å². The van der Waals surface area contributed by atoms with Crippen molar-refractivity contribution in [2.75, 3.05) is 17.6 Å². The van der Waals surface area contributed by atoms with Crippen LogP contribution in [0.25, 0.3) is 0 Å². The Hall–Kier alpha value is -3.15. The molecule has 0 saturated carbocycles. The number of anilines is 1. The lowest BCUT2D eigenvalue weighted by atomic mass is 10.1. The summed E-state index contributed by atoms with van der Waals surface area (Å²) < 4.78 is 81.8. The fourth-order valence-corrected chi connectivity index (χ4v) is 3.02. The van der Waals surface area contributed by atoms with Crippen LogP contribution in [-0.2, 0) is 27.5 Å². The number of nitrogens with one attached hydrogen (secondary N) is 2. The van der Waals surface area contributed by atoms with Gasteiger partial charge in [0.1, 0.15) is 11.6 Å². The monoisotopic (exact) mass is 462 g/mol. The summed E-state index contributed by atoms with van der Waals surface area (Å²) in [7, 11) is -3.66. The average Bonchev–Trinajstić information content (AvgIpc) is 2.64. The number of carbonyl (C=O) groups is 2. The molecule has 2 aromatic carbocycles. The van der Waals surface area contributed by atoms with E-state index in [1.807, 2.05) is 4.72 Å². The Balaban J connectivity index is 1.98. The predicted octanol–water partition coefficient (Wildman–Crippen LogP) is 3.11. The van der Waals surface area contributed by atoms with Crippen LogP contribution in [0.4, 0.5) is 23.2 Å². The van der Waals surface area contributed by atoms with E-state index in [4.69, 9.17) is 4.74 Å². The molecule has 0 radical (unpaired) electrons. The number of benzene rings is 2. The highest BCUT2D eigenvalue weighted by Crippen LogP contribution is 2.32. The van der Waals surface area contributed by atoms with Crippen molar-refractivity contribution in [2.45, 2.75) is 19.6 Å². The Bertz CT molecular complexity index is 1100. The molecule has 12 heteroatoms. The Morgan fingerprint density at radius 1 is 1.10 bits per heavy atom. The number of amides is 1. The third kappa shape index (κ3) is 7.24. The van der Waals surface area contributed by atoms with Crippen molar-refractivity contribution in [1.29, 1.82) is 0 Å². The molecular weight excluding hydrogens is 444 g/mol. The summed E-state index contributed by atoms with van der Waals surface area (Å²) in [6, 6.07) is 5.93. The highest BCUT2D eigenvalue weighted by Gasteiger charge is 2.31. The molecule has 2 aromatic rings. The summed E-state index contributed by atoms with van der Waals surface area (Å²) >= 11 is 0. The molecule has 0 spiro atoms. The molecule has 0 heterocycles. The first kappa shape index (κ1) is 24.1. The van der Waals surface area contributed by atoms with E-state index < -0.39 is 45.9 Å². The summed E-state index contributed by atoms with van der Waals surface area (Å²) in [5, 5.41) is 2.41. The molecule has 2 N–H and O–H groups in total. The SMILES string of the molecule is CC(=O)c1cc(C(F)(F)F)ccc1OCC(=O)NCc1ccc(NS(C)(=O)=O)c(F)c1. The van der Waals surface area contributed by atoms with Crippen LogP contribution in [0, 0.1) is 5.82 Å². The second-order valence-electron chi connectivity index (χ2n) is 6.52. The van der Waals surface area contributed by atoms with E-state index in [9.17, 15) is 35.6 Å². The van der Waals surface area contributed by atoms with Gasteiger partial charge in [-0.3, -0.25) is 14.3 Å². The summed E-state index contributed by atoms with van der Waals surface area (Å²) in [5.41, 5.74) is -1.27. The van der Waals surface area contributed by atoms with E-state index in [-0.39, 0.29) is 23.5 Å². The molecule has 0 bridgehead atoms. The average molecular weight is 462 g/mol. The number of Topliss-reactive ketones (excluding diaryl/α,β-unsaturated/α-hetero) is 1. The van der Waals surface area contributed by atoms with Gasteiger partial charge in [-0.15, -0.1) is 0 Å². The van der Waals surface area contributed by atoms with Gasteiger partial charge >= 0.3 is 6.18 Å². The second kappa shape index (κ2) is 9.33. The smallest absolute Gasteiger partial charge is 0.416 e. The Morgan fingerprint density at radius 3 is 2.32 bits per heavy atom. The highest BCUT2D eigenvalue weighted by molar-refractivity contribution is 7.92. The first-order chi connectivity index (χ1) is 14.3. The normalized spacial score (nSPS) is 11.7. The first-order valence-corrected chi connectivity index (χ1v) is 10.5. The minimum absolute atomic E-state index is 0.120. The van der Waals surface area contributed by atoms with Gasteiger partial charge in [-0.05, 0) is 42.8 Å². The molecule has 7 nitrogen and oxygen atoms in total. The molecule has 0 fully saturated rings. The maximum Gasteiger partial charge on any atom is 0.416 e. The topological polar surface area (TPSA) is 102 Å². The zero-order valence-electron chi connectivity index (χ0n) is 16.3. The summed E-state index contributed by atoms with van der Waals surface area (Å²) in [5.74, 6) is -2.37. The molecule has 0 unspecified atom stereocenters. The molecule has 0 atom stereocenters. The van der Waals surface area contributed by atoms with Crippen molar-refractivity contribution in [1.82, 2.24) is 5.32 Å². The minimum atomic E-state index is -4.64. The Labute approximate surface area is 175 Å². The summed E-state index contributed by atoms with van der Waals surface area (Å²) in [6.45, 7) is 0.353. The molecule has 31 heavy (non-hydrogen) atoms.